The Balaban J connectivity index is 1.36. The number of nitrogens with zero attached hydrogens (tertiary/aromatic N) is 1. The minimum atomic E-state index is -4.05. The van der Waals surface area contributed by atoms with Crippen molar-refractivity contribution in [1.29, 1.82) is 0 Å². The molecule has 0 saturated carbocycles. The molecule has 37 heavy (non-hydrogen) atoms. The Bertz CT molecular complexity index is 1100. The number of hydrogen-bond acceptors (Lipinski definition) is 10. The average molecular weight is 575 g/mol. The molecule has 3 heterocycles. The minimum absolute atomic E-state index is 0.0436. The highest BCUT2D eigenvalue weighted by molar-refractivity contribution is 8.77. The van der Waals surface area contributed by atoms with Gasteiger partial charge in [-0.3, -0.25) is 18.4 Å². The molecule has 0 aliphatic carbocycles. The van der Waals surface area contributed by atoms with Crippen molar-refractivity contribution in [1.82, 2.24) is 10.2 Å². The van der Waals surface area contributed by atoms with E-state index in [0.717, 1.165) is 10.5 Å². The maximum Gasteiger partial charge on any atom is 0.475 e. The third kappa shape index (κ3) is 6.62. The van der Waals surface area contributed by atoms with Gasteiger partial charge in [0.05, 0.1) is 13.2 Å². The van der Waals surface area contributed by atoms with E-state index >= 15 is 4.39 Å². The molecule has 0 radical (unpaired) electrons. The Hall–Kier alpha value is -1.37. The molecule has 2 fully saturated rings. The first kappa shape index (κ1) is 28.6. The molecule has 0 spiro atoms. The van der Waals surface area contributed by atoms with Crippen molar-refractivity contribution in [3.05, 3.63) is 54.5 Å². The molecule has 204 valence electrons. The summed E-state index contributed by atoms with van der Waals surface area (Å²) in [6, 6.07) is 7.82. The number of amides is 1. The highest BCUT2D eigenvalue weighted by Gasteiger charge is 2.62. The molecule has 1 amide bonds. The molecule has 2 saturated heterocycles. The van der Waals surface area contributed by atoms with E-state index in [1.54, 1.807) is 21.6 Å². The molecule has 9 nitrogen and oxygen atoms in total. The zero-order valence-corrected chi connectivity index (χ0v) is 23.5. The lowest BCUT2D eigenvalue weighted by molar-refractivity contribution is -0.119. The molecule has 13 heteroatoms. The number of nitrogens with one attached hydrogen (secondary N) is 1. The predicted molar refractivity (Wildman–Crippen MR) is 140 cm³/mol. The number of carbonyl (C=O) groups excluding carboxylic acids is 1. The first-order valence-corrected chi connectivity index (χ1v) is 15.5. The van der Waals surface area contributed by atoms with Gasteiger partial charge in [-0.15, -0.1) is 0 Å². The van der Waals surface area contributed by atoms with Crippen LogP contribution in [-0.4, -0.2) is 64.6 Å². The number of aliphatic hydroxyl groups is 1. The van der Waals surface area contributed by atoms with Gasteiger partial charge in [0, 0.05) is 28.5 Å². The van der Waals surface area contributed by atoms with Gasteiger partial charge in [-0.2, -0.15) is 0 Å². The van der Waals surface area contributed by atoms with Crippen molar-refractivity contribution in [3.63, 3.8) is 0 Å². The van der Waals surface area contributed by atoms with Crippen LogP contribution >= 0.6 is 29.4 Å². The number of phosphoric acid groups is 1. The number of carbonyl (C=O) groups is 1. The van der Waals surface area contributed by atoms with Crippen LogP contribution in [0.2, 0.25) is 0 Å². The van der Waals surface area contributed by atoms with Gasteiger partial charge in [0.15, 0.2) is 11.9 Å². The van der Waals surface area contributed by atoms with Crippen LogP contribution in [0.1, 0.15) is 32.8 Å². The van der Waals surface area contributed by atoms with Gasteiger partial charge in [-0.1, -0.05) is 46.4 Å². The summed E-state index contributed by atoms with van der Waals surface area (Å²) in [7, 11) is -0.761. The van der Waals surface area contributed by atoms with Gasteiger partial charge in [-0.05, 0) is 45.2 Å². The van der Waals surface area contributed by atoms with E-state index in [1.807, 2.05) is 24.3 Å². The summed E-state index contributed by atoms with van der Waals surface area (Å²) >= 11 is 0. The first-order chi connectivity index (χ1) is 17.4. The Kier molecular flexibility index (Phi) is 8.82. The number of alkyl halides is 1. The summed E-state index contributed by atoms with van der Waals surface area (Å²) in [5.74, 6) is -0.211. The van der Waals surface area contributed by atoms with E-state index in [1.165, 1.54) is 24.1 Å². The van der Waals surface area contributed by atoms with Crippen LogP contribution in [0.25, 0.3) is 0 Å². The average Bonchev–Trinajstić information content (AvgIpc) is 3.08. The number of aliphatic hydroxyl groups excluding tert-OH is 1. The molecule has 0 bridgehead atoms. The Morgan fingerprint density at radius 1 is 1.41 bits per heavy atom. The molecular weight excluding hydrogens is 542 g/mol. The third-order valence-corrected chi connectivity index (χ3v) is 11.1. The van der Waals surface area contributed by atoms with Crippen molar-refractivity contribution >= 4 is 35.3 Å². The molecule has 1 unspecified atom stereocenters. The topological polar surface area (TPSA) is 107 Å². The van der Waals surface area contributed by atoms with E-state index in [9.17, 15) is 14.5 Å². The summed E-state index contributed by atoms with van der Waals surface area (Å²) in [5.41, 5.74) is -1.11. The predicted octanol–water partition coefficient (Wildman–Crippen LogP) is 4.54. The fraction of sp³-hybridized carbons (Fsp3) is 0.542. The lowest BCUT2D eigenvalue weighted by Crippen LogP contribution is -2.52. The van der Waals surface area contributed by atoms with Crippen molar-refractivity contribution in [2.24, 2.45) is 0 Å². The maximum atomic E-state index is 16.0. The molecule has 5 atom stereocenters. The number of fused-ring (bicyclic) bond motifs is 1. The van der Waals surface area contributed by atoms with Crippen LogP contribution in [0.4, 0.5) is 4.39 Å². The molecular formula is C24H32FN2O7PS2. The zero-order valence-electron chi connectivity index (χ0n) is 20.9. The van der Waals surface area contributed by atoms with E-state index in [0.29, 0.717) is 12.8 Å². The summed E-state index contributed by atoms with van der Waals surface area (Å²) in [6.45, 7) is 9.18. The molecule has 1 aromatic carbocycles. The van der Waals surface area contributed by atoms with E-state index in [4.69, 9.17) is 18.3 Å². The Morgan fingerprint density at radius 2 is 2.16 bits per heavy atom. The van der Waals surface area contributed by atoms with Crippen LogP contribution < -0.4 is 5.32 Å². The van der Waals surface area contributed by atoms with Gasteiger partial charge >= 0.3 is 7.82 Å². The van der Waals surface area contributed by atoms with Gasteiger partial charge in [0.2, 0.25) is 0 Å². The SMILES string of the molecule is C=C1NC(=O)C=CN1[C@@H]1O[C@@H]2COP(=O)(OCCc3ccccc3SSC(C)(C)CCO)O[C@H]2[C@@]1(C)F. The van der Waals surface area contributed by atoms with Crippen molar-refractivity contribution in [2.75, 3.05) is 19.8 Å². The van der Waals surface area contributed by atoms with Crippen LogP contribution in [0, 0.1) is 0 Å². The number of halogens is 1. The molecule has 1 aromatic rings. The first-order valence-electron chi connectivity index (χ1n) is 11.9. The Morgan fingerprint density at radius 3 is 2.89 bits per heavy atom. The van der Waals surface area contributed by atoms with Crippen LogP contribution in [0.15, 0.2) is 53.8 Å². The number of ether oxygens (including phenoxy) is 1. The number of rotatable bonds is 10. The van der Waals surface area contributed by atoms with Gasteiger partial charge in [0.1, 0.15) is 18.0 Å². The quantitative estimate of drug-likeness (QED) is 0.306. The second-order valence-corrected chi connectivity index (χ2v) is 14.2. The van der Waals surface area contributed by atoms with Gasteiger partial charge in [-0.25, -0.2) is 8.96 Å². The van der Waals surface area contributed by atoms with E-state index < -0.39 is 31.9 Å². The minimum Gasteiger partial charge on any atom is -0.396 e. The molecule has 3 aliphatic rings. The second kappa shape index (κ2) is 11.4. The van der Waals surface area contributed by atoms with Crippen LogP contribution in [0.5, 0.6) is 0 Å². The highest BCUT2D eigenvalue weighted by atomic mass is 33.1. The third-order valence-electron chi connectivity index (χ3n) is 6.20. The van der Waals surface area contributed by atoms with Gasteiger partial charge < -0.3 is 20.1 Å². The molecule has 4 rings (SSSR count). The monoisotopic (exact) mass is 574 g/mol. The smallest absolute Gasteiger partial charge is 0.396 e. The zero-order chi connectivity index (χ0) is 26.8. The summed E-state index contributed by atoms with van der Waals surface area (Å²) in [5, 5.41) is 11.8. The summed E-state index contributed by atoms with van der Waals surface area (Å²) < 4.78 is 51.5. The lowest BCUT2D eigenvalue weighted by Gasteiger charge is -2.37. The van der Waals surface area contributed by atoms with E-state index in [2.05, 4.69) is 25.7 Å². The fourth-order valence-electron chi connectivity index (χ4n) is 4.14. The summed E-state index contributed by atoms with van der Waals surface area (Å²) in [4.78, 5) is 13.9. The number of hydrogen-bond donors (Lipinski definition) is 2. The Labute approximate surface area is 224 Å². The van der Waals surface area contributed by atoms with Crippen molar-refractivity contribution < 1.29 is 37.2 Å². The number of phosphoric ester groups is 1. The number of benzene rings is 1. The molecule has 2 N–H and O–H groups in total. The van der Waals surface area contributed by atoms with Crippen molar-refractivity contribution in [2.45, 2.75) is 67.4 Å². The largest absolute Gasteiger partial charge is 0.475 e. The molecule has 3 aliphatic heterocycles. The van der Waals surface area contributed by atoms with E-state index in [-0.39, 0.29) is 36.3 Å². The standard InChI is InChI=1S/C24H32FN2O7PS2/c1-16-26-20(29)9-12-27(16)22-24(4,25)21-18(33-22)15-32-35(30,34-21)31-14-10-17-7-5-6-8-19(17)36-37-23(2,3)11-13-28/h5-9,12,18,21-22,28H,1,10-11,13-15H2,2-4H3,(H,26,29)/t18-,21-,22-,24-,35?/m1/s1. The molecule has 0 aromatic heterocycles. The second-order valence-electron chi connectivity index (χ2n) is 9.70. The fourth-order valence-corrected chi connectivity index (χ4v) is 8.19. The van der Waals surface area contributed by atoms with Crippen molar-refractivity contribution in [3.8, 4) is 0 Å². The maximum absolute atomic E-state index is 16.0. The van der Waals surface area contributed by atoms with Crippen LogP contribution in [0.3, 0.4) is 0 Å². The highest BCUT2D eigenvalue weighted by Crippen LogP contribution is 2.58. The summed E-state index contributed by atoms with van der Waals surface area (Å²) in [6.07, 6.45) is 0.549. The lowest BCUT2D eigenvalue weighted by atomic mass is 9.98. The van der Waals surface area contributed by atoms with Crippen LogP contribution in [-0.2, 0) is 34.1 Å². The normalized spacial score (nSPS) is 31.9. The van der Waals surface area contributed by atoms with Gasteiger partial charge in [0.25, 0.3) is 5.91 Å².